The highest BCUT2D eigenvalue weighted by atomic mass is 32.2. The van der Waals surface area contributed by atoms with E-state index in [1.54, 1.807) is 24.4 Å². The highest BCUT2D eigenvalue weighted by Gasteiger charge is 2.28. The average Bonchev–Trinajstić information content (AvgIpc) is 3.27. The number of rotatable bonds is 4. The molecule has 1 aliphatic rings. The number of phenolic OH excluding ortho intramolecular Hbond substituents is 1. The Balaban J connectivity index is 1.46. The molecule has 26 heavy (non-hydrogen) atoms. The van der Waals surface area contributed by atoms with Crippen LogP contribution in [-0.4, -0.2) is 37.9 Å². The second kappa shape index (κ2) is 7.05. The fourth-order valence-electron chi connectivity index (χ4n) is 2.53. The van der Waals surface area contributed by atoms with E-state index in [0.29, 0.717) is 5.75 Å². The standard InChI is InChI=1S/C18H15N3O3S2/c1-10-11(3-2-6-19-10)8-24-18(23)14-9-25-16(21-14)17-20-13-5-4-12(22)7-15(13)26-17/h2-7,14,22H,8-9H2,1H3/t14-/m1/s1. The fraction of sp³-hybridized carbons (Fsp3) is 0.222. The minimum Gasteiger partial charge on any atom is -0.508 e. The molecule has 1 aliphatic heterocycles. The summed E-state index contributed by atoms with van der Waals surface area (Å²) < 4.78 is 6.29. The van der Waals surface area contributed by atoms with Gasteiger partial charge in [-0.25, -0.2) is 9.78 Å². The van der Waals surface area contributed by atoms with Gasteiger partial charge in [0.2, 0.25) is 0 Å². The van der Waals surface area contributed by atoms with Crippen molar-refractivity contribution in [2.24, 2.45) is 4.99 Å². The van der Waals surface area contributed by atoms with Gasteiger partial charge >= 0.3 is 5.97 Å². The zero-order chi connectivity index (χ0) is 18.1. The Morgan fingerprint density at radius 2 is 2.27 bits per heavy atom. The lowest BCUT2D eigenvalue weighted by atomic mass is 10.2. The number of aromatic nitrogens is 2. The number of hydrogen-bond acceptors (Lipinski definition) is 8. The van der Waals surface area contributed by atoms with Crippen molar-refractivity contribution in [2.45, 2.75) is 19.6 Å². The Hall–Kier alpha value is -2.45. The quantitative estimate of drug-likeness (QED) is 0.694. The summed E-state index contributed by atoms with van der Waals surface area (Å²) in [5, 5.41) is 11.1. The molecular weight excluding hydrogens is 370 g/mol. The van der Waals surface area contributed by atoms with Crippen LogP contribution in [0, 0.1) is 6.92 Å². The van der Waals surface area contributed by atoms with Crippen molar-refractivity contribution >= 4 is 44.3 Å². The summed E-state index contributed by atoms with van der Waals surface area (Å²) >= 11 is 2.95. The molecule has 8 heteroatoms. The molecule has 3 heterocycles. The number of hydrogen-bond donors (Lipinski definition) is 1. The van der Waals surface area contributed by atoms with Crippen LogP contribution in [0.15, 0.2) is 41.5 Å². The topological polar surface area (TPSA) is 84.7 Å². The van der Waals surface area contributed by atoms with Crippen molar-refractivity contribution in [1.29, 1.82) is 0 Å². The molecule has 0 radical (unpaired) electrons. The van der Waals surface area contributed by atoms with Crippen molar-refractivity contribution in [2.75, 3.05) is 5.75 Å². The zero-order valence-electron chi connectivity index (χ0n) is 13.9. The molecule has 1 N–H and O–H groups in total. The number of benzene rings is 1. The number of thiazole rings is 1. The van der Waals surface area contributed by atoms with E-state index in [9.17, 15) is 9.90 Å². The third kappa shape index (κ3) is 3.42. The molecule has 0 fully saturated rings. The van der Waals surface area contributed by atoms with Crippen molar-refractivity contribution in [3.05, 3.63) is 52.8 Å². The van der Waals surface area contributed by atoms with E-state index in [0.717, 1.165) is 31.5 Å². The van der Waals surface area contributed by atoms with E-state index in [4.69, 9.17) is 4.74 Å². The van der Waals surface area contributed by atoms with E-state index >= 15 is 0 Å². The molecule has 2 aromatic heterocycles. The second-order valence-electron chi connectivity index (χ2n) is 5.79. The molecule has 4 rings (SSSR count). The maximum Gasteiger partial charge on any atom is 0.332 e. The minimum atomic E-state index is -0.521. The molecule has 0 saturated heterocycles. The van der Waals surface area contributed by atoms with Crippen LogP contribution in [0.1, 0.15) is 16.3 Å². The van der Waals surface area contributed by atoms with E-state index < -0.39 is 6.04 Å². The minimum absolute atomic E-state index is 0.199. The van der Waals surface area contributed by atoms with Gasteiger partial charge in [0.15, 0.2) is 6.04 Å². The summed E-state index contributed by atoms with van der Waals surface area (Å²) in [6.45, 7) is 2.08. The first-order valence-electron chi connectivity index (χ1n) is 7.98. The molecule has 0 bridgehead atoms. The van der Waals surface area contributed by atoms with Gasteiger partial charge in [-0.3, -0.25) is 9.98 Å². The number of nitrogens with zero attached hydrogens (tertiary/aromatic N) is 3. The first-order valence-corrected chi connectivity index (χ1v) is 9.78. The number of phenols is 1. The van der Waals surface area contributed by atoms with Gasteiger partial charge in [-0.15, -0.1) is 23.1 Å². The first-order chi connectivity index (χ1) is 12.6. The van der Waals surface area contributed by atoms with Crippen molar-refractivity contribution in [3.63, 3.8) is 0 Å². The Morgan fingerprint density at radius 3 is 3.12 bits per heavy atom. The number of aliphatic imine (C=N–C) groups is 1. The first kappa shape index (κ1) is 17.0. The number of pyridine rings is 1. The number of thioether (sulfide) groups is 1. The number of ether oxygens (including phenoxy) is 1. The van der Waals surface area contributed by atoms with E-state index in [2.05, 4.69) is 15.0 Å². The molecule has 0 amide bonds. The van der Waals surface area contributed by atoms with Crippen LogP contribution in [0.5, 0.6) is 5.75 Å². The van der Waals surface area contributed by atoms with Crippen LogP contribution in [0.4, 0.5) is 0 Å². The van der Waals surface area contributed by atoms with Gasteiger partial charge in [0, 0.05) is 23.2 Å². The van der Waals surface area contributed by atoms with Crippen LogP contribution in [0.2, 0.25) is 0 Å². The number of carbonyl (C=O) groups is 1. The van der Waals surface area contributed by atoms with Gasteiger partial charge < -0.3 is 9.84 Å². The van der Waals surface area contributed by atoms with Gasteiger partial charge in [-0.1, -0.05) is 6.07 Å². The summed E-state index contributed by atoms with van der Waals surface area (Å²) in [7, 11) is 0. The number of aromatic hydroxyl groups is 1. The molecule has 0 aliphatic carbocycles. The normalized spacial score (nSPS) is 16.7. The van der Waals surface area contributed by atoms with Crippen LogP contribution in [-0.2, 0) is 16.1 Å². The third-order valence-corrected chi connectivity index (χ3v) is 6.17. The SMILES string of the molecule is Cc1ncccc1COC(=O)[C@H]1CSC(c2nc3ccc(O)cc3s2)=N1. The Kier molecular flexibility index (Phi) is 4.60. The maximum atomic E-state index is 12.3. The van der Waals surface area contributed by atoms with E-state index in [1.165, 1.54) is 23.1 Å². The Bertz CT molecular complexity index is 1020. The second-order valence-corrected chi connectivity index (χ2v) is 7.83. The molecule has 1 aromatic carbocycles. The number of fused-ring (bicyclic) bond motifs is 1. The van der Waals surface area contributed by atoms with Gasteiger partial charge in [-0.2, -0.15) is 0 Å². The van der Waals surface area contributed by atoms with Crippen molar-refractivity contribution in [1.82, 2.24) is 9.97 Å². The lowest BCUT2D eigenvalue weighted by Crippen LogP contribution is -2.21. The van der Waals surface area contributed by atoms with E-state index in [-0.39, 0.29) is 18.3 Å². The average molecular weight is 385 g/mol. The van der Waals surface area contributed by atoms with Crippen molar-refractivity contribution in [3.8, 4) is 5.75 Å². The third-order valence-electron chi connectivity index (χ3n) is 3.96. The summed E-state index contributed by atoms with van der Waals surface area (Å²) in [5.41, 5.74) is 2.55. The highest BCUT2D eigenvalue weighted by Crippen LogP contribution is 2.31. The molecule has 1 atom stereocenters. The smallest absolute Gasteiger partial charge is 0.332 e. The molecule has 6 nitrogen and oxygen atoms in total. The number of carbonyl (C=O) groups excluding carboxylic acids is 1. The summed E-state index contributed by atoms with van der Waals surface area (Å²) in [4.78, 5) is 25.5. The van der Waals surface area contributed by atoms with Crippen LogP contribution >= 0.6 is 23.1 Å². The largest absolute Gasteiger partial charge is 0.508 e. The molecule has 3 aromatic rings. The highest BCUT2D eigenvalue weighted by molar-refractivity contribution is 8.15. The molecule has 0 saturated carbocycles. The van der Waals surface area contributed by atoms with Crippen LogP contribution in [0.25, 0.3) is 10.2 Å². The molecule has 0 spiro atoms. The molecule has 132 valence electrons. The number of esters is 1. The van der Waals surface area contributed by atoms with Crippen molar-refractivity contribution < 1.29 is 14.6 Å². The molecular formula is C18H15N3O3S2. The summed E-state index contributed by atoms with van der Waals surface area (Å²) in [6, 6.07) is 8.25. The van der Waals surface area contributed by atoms with E-state index in [1.807, 2.05) is 19.1 Å². The summed E-state index contributed by atoms with van der Waals surface area (Å²) in [5.74, 6) is 0.414. The van der Waals surface area contributed by atoms with Crippen LogP contribution < -0.4 is 0 Å². The summed E-state index contributed by atoms with van der Waals surface area (Å²) in [6.07, 6.45) is 1.71. The fourth-order valence-corrected chi connectivity index (χ4v) is 4.62. The number of aryl methyl sites for hydroxylation is 1. The van der Waals surface area contributed by atoms with Gasteiger partial charge in [-0.05, 0) is 31.2 Å². The lowest BCUT2D eigenvalue weighted by molar-refractivity contribution is -0.145. The predicted molar refractivity (Wildman–Crippen MR) is 103 cm³/mol. The predicted octanol–water partition coefficient (Wildman–Crippen LogP) is 3.31. The Labute approximate surface area is 158 Å². The van der Waals surface area contributed by atoms with Crippen LogP contribution in [0.3, 0.4) is 0 Å². The Morgan fingerprint density at radius 1 is 1.38 bits per heavy atom. The van der Waals surface area contributed by atoms with Gasteiger partial charge in [0.1, 0.15) is 22.4 Å². The van der Waals surface area contributed by atoms with Gasteiger partial charge in [0.25, 0.3) is 0 Å². The lowest BCUT2D eigenvalue weighted by Gasteiger charge is -2.08. The van der Waals surface area contributed by atoms with Gasteiger partial charge in [0.05, 0.1) is 10.2 Å². The molecule has 0 unspecified atom stereocenters. The maximum absolute atomic E-state index is 12.3. The zero-order valence-corrected chi connectivity index (χ0v) is 15.5. The monoisotopic (exact) mass is 385 g/mol.